The molecule has 0 aliphatic carbocycles. The maximum Gasteiger partial charge on any atom is 0.151 e. The van der Waals surface area contributed by atoms with Crippen molar-refractivity contribution in [1.29, 1.82) is 0 Å². The second kappa shape index (κ2) is 5.97. The number of aromatic nitrogens is 3. The maximum absolute atomic E-state index is 10.8. The highest BCUT2D eigenvalue weighted by molar-refractivity contribution is 5.90. The number of benzene rings is 1. The predicted octanol–water partition coefficient (Wildman–Crippen LogP) is 3.36. The van der Waals surface area contributed by atoms with E-state index in [2.05, 4.69) is 22.2 Å². The van der Waals surface area contributed by atoms with Crippen LogP contribution in [0.25, 0.3) is 16.6 Å². The first-order valence-electron chi connectivity index (χ1n) is 7.37. The first-order valence-corrected chi connectivity index (χ1v) is 7.37. The summed E-state index contributed by atoms with van der Waals surface area (Å²) in [5.41, 5.74) is 2.52. The summed E-state index contributed by atoms with van der Waals surface area (Å²) in [5, 5.41) is 4.35. The first kappa shape index (κ1) is 14.3. The number of hydrogen-bond donors (Lipinski definition) is 1. The molecule has 0 aliphatic heterocycles. The number of fused-ring (bicyclic) bond motifs is 1. The number of anilines is 1. The summed E-state index contributed by atoms with van der Waals surface area (Å²) in [6.45, 7) is 4.90. The van der Waals surface area contributed by atoms with Crippen LogP contribution < -0.4 is 5.32 Å². The summed E-state index contributed by atoms with van der Waals surface area (Å²) >= 11 is 0. The SMILES string of the molecule is CCCNc1nc(C)nc2cc(-n3ccc(C=O)c3)ccc12. The molecule has 1 N–H and O–H groups in total. The van der Waals surface area contributed by atoms with Crippen LogP contribution >= 0.6 is 0 Å². The Morgan fingerprint density at radius 1 is 1.27 bits per heavy atom. The summed E-state index contributed by atoms with van der Waals surface area (Å²) in [4.78, 5) is 19.8. The lowest BCUT2D eigenvalue weighted by molar-refractivity contribution is 0.112. The Labute approximate surface area is 129 Å². The average molecular weight is 294 g/mol. The highest BCUT2D eigenvalue weighted by atomic mass is 16.1. The van der Waals surface area contributed by atoms with Crippen molar-refractivity contribution in [3.63, 3.8) is 0 Å². The molecule has 0 saturated carbocycles. The smallest absolute Gasteiger partial charge is 0.151 e. The van der Waals surface area contributed by atoms with E-state index in [0.717, 1.165) is 47.5 Å². The zero-order valence-electron chi connectivity index (χ0n) is 12.7. The number of nitrogens with zero attached hydrogens (tertiary/aromatic N) is 3. The monoisotopic (exact) mass is 294 g/mol. The second-order valence-electron chi connectivity index (χ2n) is 5.22. The lowest BCUT2D eigenvalue weighted by Crippen LogP contribution is -2.05. The van der Waals surface area contributed by atoms with Crippen molar-refractivity contribution in [2.75, 3.05) is 11.9 Å². The molecule has 3 rings (SSSR count). The number of aryl methyl sites for hydroxylation is 1. The molecule has 5 nitrogen and oxygen atoms in total. The normalized spacial score (nSPS) is 10.8. The molecule has 0 fully saturated rings. The third kappa shape index (κ3) is 2.70. The molecule has 0 spiro atoms. The molecular weight excluding hydrogens is 276 g/mol. The van der Waals surface area contributed by atoms with Gasteiger partial charge in [0.25, 0.3) is 0 Å². The molecule has 22 heavy (non-hydrogen) atoms. The van der Waals surface area contributed by atoms with Crippen LogP contribution in [0.5, 0.6) is 0 Å². The third-order valence-corrected chi connectivity index (χ3v) is 3.48. The fourth-order valence-corrected chi connectivity index (χ4v) is 2.42. The quantitative estimate of drug-likeness (QED) is 0.733. The lowest BCUT2D eigenvalue weighted by atomic mass is 10.2. The zero-order chi connectivity index (χ0) is 15.5. The van der Waals surface area contributed by atoms with Crippen molar-refractivity contribution < 1.29 is 4.79 Å². The number of aldehydes is 1. The average Bonchev–Trinajstić information content (AvgIpc) is 3.01. The summed E-state index contributed by atoms with van der Waals surface area (Å²) in [6, 6.07) is 7.82. The molecule has 3 aromatic rings. The molecule has 2 aromatic heterocycles. The molecule has 5 heteroatoms. The van der Waals surface area contributed by atoms with Gasteiger partial charge >= 0.3 is 0 Å². The number of nitrogens with one attached hydrogen (secondary N) is 1. The van der Waals surface area contributed by atoms with Gasteiger partial charge in [0, 0.05) is 35.6 Å². The molecule has 0 atom stereocenters. The number of carbonyl (C=O) groups excluding carboxylic acids is 1. The van der Waals surface area contributed by atoms with Gasteiger partial charge in [-0.3, -0.25) is 4.79 Å². The molecule has 1 aromatic carbocycles. The van der Waals surface area contributed by atoms with Crippen LogP contribution in [-0.4, -0.2) is 27.4 Å². The van der Waals surface area contributed by atoms with Gasteiger partial charge in [-0.1, -0.05) is 6.92 Å². The van der Waals surface area contributed by atoms with Gasteiger partial charge in [0.05, 0.1) is 5.52 Å². The van der Waals surface area contributed by atoms with Gasteiger partial charge in [-0.25, -0.2) is 9.97 Å². The minimum atomic E-state index is 0.657. The summed E-state index contributed by atoms with van der Waals surface area (Å²) < 4.78 is 1.92. The molecule has 0 amide bonds. The fraction of sp³-hybridized carbons (Fsp3) is 0.235. The molecule has 0 saturated heterocycles. The van der Waals surface area contributed by atoms with Crippen LogP contribution in [0, 0.1) is 6.92 Å². The third-order valence-electron chi connectivity index (χ3n) is 3.48. The van der Waals surface area contributed by atoms with Gasteiger partial charge in [0.15, 0.2) is 6.29 Å². The molecule has 0 radical (unpaired) electrons. The zero-order valence-corrected chi connectivity index (χ0v) is 12.7. The van der Waals surface area contributed by atoms with Crippen molar-refractivity contribution in [2.24, 2.45) is 0 Å². The Hall–Kier alpha value is -2.69. The Bertz CT molecular complexity index is 823. The second-order valence-corrected chi connectivity index (χ2v) is 5.22. The fourth-order valence-electron chi connectivity index (χ4n) is 2.42. The van der Waals surface area contributed by atoms with Gasteiger partial charge < -0.3 is 9.88 Å². The molecule has 0 unspecified atom stereocenters. The summed E-state index contributed by atoms with van der Waals surface area (Å²) in [5.74, 6) is 1.61. The summed E-state index contributed by atoms with van der Waals surface area (Å²) in [7, 11) is 0. The van der Waals surface area contributed by atoms with E-state index in [4.69, 9.17) is 0 Å². The van der Waals surface area contributed by atoms with Gasteiger partial charge in [-0.05, 0) is 37.6 Å². The standard InChI is InChI=1S/C17H18N4O/c1-3-7-18-17-15-5-4-14(9-16(15)19-12(2)20-17)21-8-6-13(10-21)11-22/h4-6,8-11H,3,7H2,1-2H3,(H,18,19,20). The van der Waals surface area contributed by atoms with Gasteiger partial charge in [0.2, 0.25) is 0 Å². The predicted molar refractivity (Wildman–Crippen MR) is 87.8 cm³/mol. The topological polar surface area (TPSA) is 59.8 Å². The molecule has 0 aliphatic rings. The van der Waals surface area contributed by atoms with Gasteiger partial charge in [-0.2, -0.15) is 0 Å². The first-order chi connectivity index (χ1) is 10.7. The van der Waals surface area contributed by atoms with Crippen molar-refractivity contribution in [2.45, 2.75) is 20.3 Å². The van der Waals surface area contributed by atoms with E-state index in [-0.39, 0.29) is 0 Å². The minimum Gasteiger partial charge on any atom is -0.369 e. The van der Waals surface area contributed by atoms with Crippen LogP contribution in [0.2, 0.25) is 0 Å². The van der Waals surface area contributed by atoms with Crippen LogP contribution in [0.1, 0.15) is 29.5 Å². The van der Waals surface area contributed by atoms with E-state index >= 15 is 0 Å². The largest absolute Gasteiger partial charge is 0.369 e. The Balaban J connectivity index is 2.07. The van der Waals surface area contributed by atoms with Crippen molar-refractivity contribution in [1.82, 2.24) is 14.5 Å². The van der Waals surface area contributed by atoms with Crippen molar-refractivity contribution in [3.8, 4) is 5.69 Å². The van der Waals surface area contributed by atoms with E-state index in [1.165, 1.54) is 0 Å². The van der Waals surface area contributed by atoms with E-state index in [0.29, 0.717) is 5.56 Å². The molecule has 112 valence electrons. The minimum absolute atomic E-state index is 0.657. The number of rotatable bonds is 5. The lowest BCUT2D eigenvalue weighted by Gasteiger charge is -2.10. The summed E-state index contributed by atoms with van der Waals surface area (Å²) in [6.07, 6.45) is 5.56. The molecule has 2 heterocycles. The highest BCUT2D eigenvalue weighted by Gasteiger charge is 2.07. The van der Waals surface area contributed by atoms with Crippen molar-refractivity contribution in [3.05, 3.63) is 48.0 Å². The Morgan fingerprint density at radius 3 is 2.86 bits per heavy atom. The molecular formula is C17H18N4O. The van der Waals surface area contributed by atoms with Crippen LogP contribution in [0.15, 0.2) is 36.7 Å². The Morgan fingerprint density at radius 2 is 2.14 bits per heavy atom. The van der Waals surface area contributed by atoms with Crippen LogP contribution in [0.4, 0.5) is 5.82 Å². The Kier molecular flexibility index (Phi) is 3.87. The molecule has 0 bridgehead atoms. The maximum atomic E-state index is 10.8. The van der Waals surface area contributed by atoms with Gasteiger partial charge in [-0.15, -0.1) is 0 Å². The van der Waals surface area contributed by atoms with E-state index in [9.17, 15) is 4.79 Å². The van der Waals surface area contributed by atoms with Crippen LogP contribution in [-0.2, 0) is 0 Å². The van der Waals surface area contributed by atoms with Crippen LogP contribution in [0.3, 0.4) is 0 Å². The highest BCUT2D eigenvalue weighted by Crippen LogP contribution is 2.23. The number of carbonyl (C=O) groups is 1. The van der Waals surface area contributed by atoms with Gasteiger partial charge in [0.1, 0.15) is 11.6 Å². The van der Waals surface area contributed by atoms with E-state index in [1.807, 2.05) is 35.9 Å². The number of hydrogen-bond acceptors (Lipinski definition) is 4. The van der Waals surface area contributed by atoms with E-state index < -0.39 is 0 Å². The van der Waals surface area contributed by atoms with E-state index in [1.54, 1.807) is 12.3 Å². The van der Waals surface area contributed by atoms with Crippen molar-refractivity contribution >= 4 is 23.0 Å².